The lowest BCUT2D eigenvalue weighted by atomic mass is 10.1. The maximum atomic E-state index is 13.2. The first-order valence-corrected chi connectivity index (χ1v) is 11.8. The molecule has 1 fully saturated rings. The number of sulfonamides is 1. The number of benzene rings is 2. The van der Waals surface area contributed by atoms with Gasteiger partial charge in [0.2, 0.25) is 10.0 Å². The molecule has 3 rings (SSSR count). The molecule has 2 aromatic carbocycles. The van der Waals surface area contributed by atoms with Crippen molar-refractivity contribution in [3.05, 3.63) is 59.2 Å². The van der Waals surface area contributed by atoms with Crippen LogP contribution in [-0.2, 0) is 27.7 Å². The maximum absolute atomic E-state index is 13.2. The highest BCUT2D eigenvalue weighted by molar-refractivity contribution is 7.89. The number of hydrogen-bond acceptors (Lipinski definition) is 5. The van der Waals surface area contributed by atoms with E-state index in [1.165, 1.54) is 46.6 Å². The van der Waals surface area contributed by atoms with Gasteiger partial charge in [0.05, 0.1) is 18.1 Å². The lowest BCUT2D eigenvalue weighted by molar-refractivity contribution is -0.275. The third kappa shape index (κ3) is 6.04. The predicted octanol–water partition coefficient (Wildman–Crippen LogP) is 3.44. The van der Waals surface area contributed by atoms with Crippen LogP contribution in [0.2, 0.25) is 0 Å². The summed E-state index contributed by atoms with van der Waals surface area (Å²) in [6.45, 7) is 2.69. The number of carbonyl (C=O) groups excluding carboxylic acids is 1. The normalized spacial score (nSPS) is 15.3. The van der Waals surface area contributed by atoms with Crippen molar-refractivity contribution in [3.8, 4) is 5.75 Å². The monoisotopic (exact) mass is 486 g/mol. The Morgan fingerprint density at radius 3 is 2.42 bits per heavy atom. The molecule has 1 aliphatic rings. The van der Waals surface area contributed by atoms with Crippen molar-refractivity contribution in [1.29, 1.82) is 0 Å². The second-order valence-electron chi connectivity index (χ2n) is 7.51. The SMILES string of the molecule is CCc1ccc(C(=O)N(C)Cc2ccccc2OC(F)(F)F)cc1S(=O)(=O)N1CCOCC1. The number of para-hydroxylation sites is 1. The predicted molar refractivity (Wildman–Crippen MR) is 114 cm³/mol. The van der Waals surface area contributed by atoms with Gasteiger partial charge in [-0.25, -0.2) is 8.42 Å². The van der Waals surface area contributed by atoms with Crippen molar-refractivity contribution < 1.29 is 35.9 Å². The van der Waals surface area contributed by atoms with Gasteiger partial charge in [0.25, 0.3) is 5.91 Å². The molecule has 1 aliphatic heterocycles. The van der Waals surface area contributed by atoms with Crippen LogP contribution < -0.4 is 4.74 Å². The first-order valence-electron chi connectivity index (χ1n) is 10.3. The second-order valence-corrected chi connectivity index (χ2v) is 9.42. The number of morpholine rings is 1. The molecular formula is C22H25F3N2O5S. The van der Waals surface area contributed by atoms with Crippen LogP contribution in [0.15, 0.2) is 47.4 Å². The fourth-order valence-electron chi connectivity index (χ4n) is 3.55. The molecule has 11 heteroatoms. The van der Waals surface area contributed by atoms with E-state index in [0.717, 1.165) is 0 Å². The van der Waals surface area contributed by atoms with Gasteiger partial charge in [-0.2, -0.15) is 4.31 Å². The minimum absolute atomic E-state index is 0.0481. The van der Waals surface area contributed by atoms with E-state index in [1.807, 2.05) is 6.92 Å². The van der Waals surface area contributed by atoms with E-state index < -0.39 is 28.0 Å². The van der Waals surface area contributed by atoms with Crippen molar-refractivity contribution in [2.45, 2.75) is 31.1 Å². The molecule has 0 N–H and O–H groups in total. The molecule has 180 valence electrons. The molecule has 1 heterocycles. The fraction of sp³-hybridized carbons (Fsp3) is 0.409. The number of nitrogens with zero attached hydrogens (tertiary/aromatic N) is 2. The number of halogens is 3. The van der Waals surface area contributed by atoms with Crippen LogP contribution in [0, 0.1) is 0 Å². The summed E-state index contributed by atoms with van der Waals surface area (Å²) in [6.07, 6.45) is -4.41. The summed E-state index contributed by atoms with van der Waals surface area (Å²) >= 11 is 0. The van der Waals surface area contributed by atoms with Crippen LogP contribution in [0.3, 0.4) is 0 Å². The van der Waals surface area contributed by atoms with Crippen LogP contribution >= 0.6 is 0 Å². The van der Waals surface area contributed by atoms with Gasteiger partial charge < -0.3 is 14.4 Å². The van der Waals surface area contributed by atoms with E-state index in [2.05, 4.69) is 4.74 Å². The Kier molecular flexibility index (Phi) is 7.65. The Labute approximate surface area is 190 Å². The number of hydrogen-bond donors (Lipinski definition) is 0. The molecule has 7 nitrogen and oxygen atoms in total. The Bertz CT molecular complexity index is 1100. The summed E-state index contributed by atoms with van der Waals surface area (Å²) in [4.78, 5) is 14.3. The summed E-state index contributed by atoms with van der Waals surface area (Å²) in [5.41, 5.74) is 0.859. The van der Waals surface area contributed by atoms with Gasteiger partial charge >= 0.3 is 6.36 Å². The van der Waals surface area contributed by atoms with Crippen LogP contribution in [-0.4, -0.2) is 63.2 Å². The van der Waals surface area contributed by atoms with E-state index in [0.29, 0.717) is 25.2 Å². The molecule has 0 radical (unpaired) electrons. The Balaban J connectivity index is 1.87. The third-order valence-electron chi connectivity index (χ3n) is 5.24. The Morgan fingerprint density at radius 2 is 1.79 bits per heavy atom. The molecule has 0 bridgehead atoms. The van der Waals surface area contributed by atoms with E-state index in [1.54, 1.807) is 12.1 Å². The zero-order chi connectivity index (χ0) is 24.2. The number of aryl methyl sites for hydroxylation is 1. The van der Waals surface area contributed by atoms with Crippen molar-refractivity contribution in [2.75, 3.05) is 33.4 Å². The highest BCUT2D eigenvalue weighted by Crippen LogP contribution is 2.28. The lowest BCUT2D eigenvalue weighted by Gasteiger charge is -2.27. The number of carbonyl (C=O) groups is 1. The molecule has 1 amide bonds. The highest BCUT2D eigenvalue weighted by atomic mass is 32.2. The molecule has 0 atom stereocenters. The van der Waals surface area contributed by atoms with E-state index >= 15 is 0 Å². The quantitative estimate of drug-likeness (QED) is 0.599. The zero-order valence-electron chi connectivity index (χ0n) is 18.3. The maximum Gasteiger partial charge on any atom is 0.573 e. The molecule has 33 heavy (non-hydrogen) atoms. The largest absolute Gasteiger partial charge is 0.573 e. The van der Waals surface area contributed by atoms with Gasteiger partial charge in [-0.3, -0.25) is 4.79 Å². The first kappa shape index (κ1) is 25.0. The fourth-order valence-corrected chi connectivity index (χ4v) is 5.28. The van der Waals surface area contributed by atoms with Gasteiger partial charge in [0.1, 0.15) is 5.75 Å². The third-order valence-corrected chi connectivity index (χ3v) is 7.22. The average Bonchev–Trinajstić information content (AvgIpc) is 2.79. The lowest BCUT2D eigenvalue weighted by Crippen LogP contribution is -2.41. The van der Waals surface area contributed by atoms with Gasteiger partial charge in [-0.15, -0.1) is 13.2 Å². The van der Waals surface area contributed by atoms with Crippen LogP contribution in [0.1, 0.15) is 28.4 Å². The first-order chi connectivity index (χ1) is 15.5. The minimum atomic E-state index is -4.86. The molecule has 0 aromatic heterocycles. The molecule has 0 aliphatic carbocycles. The molecule has 0 unspecified atom stereocenters. The summed E-state index contributed by atoms with van der Waals surface area (Å²) in [7, 11) is -2.41. The summed E-state index contributed by atoms with van der Waals surface area (Å²) in [5, 5.41) is 0. The highest BCUT2D eigenvalue weighted by Gasteiger charge is 2.32. The number of rotatable bonds is 7. The van der Waals surface area contributed by atoms with Gasteiger partial charge in [-0.05, 0) is 30.2 Å². The van der Waals surface area contributed by atoms with Gasteiger partial charge in [-0.1, -0.05) is 31.2 Å². The Morgan fingerprint density at radius 1 is 1.12 bits per heavy atom. The van der Waals surface area contributed by atoms with Crippen molar-refractivity contribution in [3.63, 3.8) is 0 Å². The van der Waals surface area contributed by atoms with Crippen molar-refractivity contribution in [1.82, 2.24) is 9.21 Å². The van der Waals surface area contributed by atoms with Crippen LogP contribution in [0.25, 0.3) is 0 Å². The van der Waals surface area contributed by atoms with Gasteiger partial charge in [0.15, 0.2) is 0 Å². The molecule has 0 spiro atoms. The molecule has 0 saturated carbocycles. The van der Waals surface area contributed by atoms with Crippen LogP contribution in [0.5, 0.6) is 5.75 Å². The zero-order valence-corrected chi connectivity index (χ0v) is 19.1. The van der Waals surface area contributed by atoms with E-state index in [-0.39, 0.29) is 35.7 Å². The van der Waals surface area contributed by atoms with Crippen molar-refractivity contribution >= 4 is 15.9 Å². The smallest absolute Gasteiger partial charge is 0.405 e. The van der Waals surface area contributed by atoms with Crippen molar-refractivity contribution in [2.24, 2.45) is 0 Å². The molecule has 1 saturated heterocycles. The molecular weight excluding hydrogens is 461 g/mol. The number of ether oxygens (including phenoxy) is 2. The van der Waals surface area contributed by atoms with Gasteiger partial charge in [0, 0.05) is 37.8 Å². The van der Waals surface area contributed by atoms with E-state index in [4.69, 9.17) is 4.74 Å². The summed E-state index contributed by atoms with van der Waals surface area (Å²) in [5.74, 6) is -0.931. The number of alkyl halides is 3. The minimum Gasteiger partial charge on any atom is -0.405 e. The summed E-state index contributed by atoms with van der Waals surface area (Å²) in [6, 6.07) is 9.99. The van der Waals surface area contributed by atoms with Crippen LogP contribution in [0.4, 0.5) is 13.2 Å². The number of amides is 1. The average molecular weight is 487 g/mol. The second kappa shape index (κ2) is 10.1. The summed E-state index contributed by atoms with van der Waals surface area (Å²) < 4.78 is 75.1. The topological polar surface area (TPSA) is 76.2 Å². The standard InChI is InChI=1S/C22H25F3N2O5S/c1-3-16-8-9-17(14-20(16)33(29,30)27-10-12-31-13-11-27)21(28)26(2)15-18-6-4-5-7-19(18)32-22(23,24)25/h4-9,14H,3,10-13,15H2,1-2H3. The molecule has 2 aromatic rings. The Hall–Kier alpha value is -2.63. The van der Waals surface area contributed by atoms with E-state index in [9.17, 15) is 26.4 Å².